The molecular weight excluding hydrogens is 392 g/mol. The number of hydrogen-bond donors (Lipinski definition) is 2. The first-order valence-electron chi connectivity index (χ1n) is 9.66. The summed E-state index contributed by atoms with van der Waals surface area (Å²) in [7, 11) is 3.40. The van der Waals surface area contributed by atoms with Gasteiger partial charge in [0, 0.05) is 0 Å². The van der Waals surface area contributed by atoms with Crippen LogP contribution in [-0.4, -0.2) is 50.2 Å². The lowest BCUT2D eigenvalue weighted by Crippen LogP contribution is -3.27. The highest BCUT2D eigenvalue weighted by Gasteiger charge is 2.25. The van der Waals surface area contributed by atoms with E-state index in [-0.39, 0.29) is 0 Å². The van der Waals surface area contributed by atoms with Gasteiger partial charge in [-0.15, -0.1) is 5.10 Å². The van der Waals surface area contributed by atoms with Gasteiger partial charge in [-0.05, 0) is 42.5 Å². The van der Waals surface area contributed by atoms with Crippen LogP contribution in [0.4, 0.5) is 0 Å². The highest BCUT2D eigenvalue weighted by molar-refractivity contribution is 7.71. The van der Waals surface area contributed by atoms with Crippen LogP contribution in [0.2, 0.25) is 0 Å². The maximum atomic E-state index is 5.58. The van der Waals surface area contributed by atoms with E-state index in [2.05, 4.69) is 11.2 Å². The van der Waals surface area contributed by atoms with E-state index in [9.17, 15) is 0 Å². The Labute approximate surface area is 174 Å². The van der Waals surface area contributed by atoms with Gasteiger partial charge in [0.2, 0.25) is 0 Å². The van der Waals surface area contributed by atoms with Crippen molar-refractivity contribution in [1.82, 2.24) is 9.78 Å². The van der Waals surface area contributed by atoms with Gasteiger partial charge in [-0.25, -0.2) is 0 Å². The van der Waals surface area contributed by atoms with Crippen LogP contribution in [0, 0.1) is 4.84 Å². The summed E-state index contributed by atoms with van der Waals surface area (Å²) in [5.41, 5.74) is 1.17. The van der Waals surface area contributed by atoms with Crippen LogP contribution < -0.4 is 19.3 Å². The van der Waals surface area contributed by atoms with E-state index < -0.39 is 0 Å². The molecule has 1 aliphatic heterocycles. The van der Waals surface area contributed by atoms with Crippen molar-refractivity contribution in [3.8, 4) is 23.1 Å². The minimum absolute atomic E-state index is 0.375. The van der Waals surface area contributed by atoms with Gasteiger partial charge in [0.05, 0.1) is 26.0 Å². The third-order valence-electron chi connectivity index (χ3n) is 5.30. The van der Waals surface area contributed by atoms with Crippen molar-refractivity contribution in [3.05, 3.63) is 47.0 Å². The Hall–Kier alpha value is -2.62. The molecule has 29 heavy (non-hydrogen) atoms. The van der Waals surface area contributed by atoms with Crippen molar-refractivity contribution in [2.75, 3.05) is 40.4 Å². The number of rotatable bonds is 7. The molecule has 3 heterocycles. The van der Waals surface area contributed by atoms with Gasteiger partial charge in [0.15, 0.2) is 12.4 Å². The number of methoxy groups -OCH3 is 2. The van der Waals surface area contributed by atoms with Crippen LogP contribution in [0.15, 0.2) is 45.4 Å². The molecule has 8 nitrogen and oxygen atoms in total. The molecule has 2 N–H and O–H groups in total. The van der Waals surface area contributed by atoms with Crippen molar-refractivity contribution in [2.45, 2.75) is 13.2 Å². The van der Waals surface area contributed by atoms with Gasteiger partial charge in [-0.2, -0.15) is 4.68 Å². The molecule has 0 unspecified atom stereocenters. The Kier molecular flexibility index (Phi) is 5.98. The molecule has 1 aliphatic rings. The highest BCUT2D eigenvalue weighted by Crippen LogP contribution is 2.23. The molecule has 154 valence electrons. The molecule has 1 fully saturated rings. The SMILES string of the molecule is COc1ccc(OC)c(C[NH+]2CC[NH+](Cn3nc(-c4ccco4)oc3=S)CC2)c1. The monoisotopic (exact) mass is 418 g/mol. The number of aromatic nitrogens is 2. The summed E-state index contributed by atoms with van der Waals surface area (Å²) in [5.74, 6) is 2.78. The van der Waals surface area contributed by atoms with Gasteiger partial charge in [-0.3, -0.25) is 0 Å². The number of furan rings is 1. The molecule has 0 saturated carbocycles. The second-order valence-corrected chi connectivity index (χ2v) is 7.51. The molecule has 0 bridgehead atoms. The summed E-state index contributed by atoms with van der Waals surface area (Å²) in [5, 5.41) is 4.47. The smallest absolute Gasteiger partial charge is 0.292 e. The number of ether oxygens (including phenoxy) is 2. The van der Waals surface area contributed by atoms with Crippen molar-refractivity contribution in [1.29, 1.82) is 0 Å². The van der Waals surface area contributed by atoms with Gasteiger partial charge >= 0.3 is 0 Å². The Morgan fingerprint density at radius 2 is 1.90 bits per heavy atom. The molecule has 0 radical (unpaired) electrons. The lowest BCUT2D eigenvalue weighted by Gasteiger charge is -2.29. The summed E-state index contributed by atoms with van der Waals surface area (Å²) in [6.07, 6.45) is 1.59. The van der Waals surface area contributed by atoms with E-state index in [1.165, 1.54) is 15.4 Å². The van der Waals surface area contributed by atoms with Crippen LogP contribution in [-0.2, 0) is 13.2 Å². The number of quaternary nitrogens is 2. The Morgan fingerprint density at radius 3 is 2.59 bits per heavy atom. The normalized spacial score (nSPS) is 19.2. The van der Waals surface area contributed by atoms with E-state index in [0.717, 1.165) is 44.2 Å². The zero-order chi connectivity index (χ0) is 20.2. The van der Waals surface area contributed by atoms with Gasteiger partial charge in [0.25, 0.3) is 10.7 Å². The topological polar surface area (TPSA) is 71.4 Å². The second-order valence-electron chi connectivity index (χ2n) is 7.16. The van der Waals surface area contributed by atoms with E-state index in [4.69, 9.17) is 30.5 Å². The zero-order valence-electron chi connectivity index (χ0n) is 16.6. The molecule has 2 aromatic heterocycles. The third kappa shape index (κ3) is 4.52. The number of hydrogen-bond acceptors (Lipinski definition) is 6. The van der Waals surface area contributed by atoms with Crippen molar-refractivity contribution < 1.29 is 28.1 Å². The number of benzene rings is 1. The summed E-state index contributed by atoms with van der Waals surface area (Å²) >= 11 is 5.32. The lowest BCUT2D eigenvalue weighted by molar-refractivity contribution is -1.03. The molecule has 3 aromatic rings. The number of piperazine rings is 1. The Balaban J connectivity index is 1.35. The Morgan fingerprint density at radius 1 is 1.10 bits per heavy atom. The predicted molar refractivity (Wildman–Crippen MR) is 108 cm³/mol. The van der Waals surface area contributed by atoms with Crippen molar-refractivity contribution in [3.63, 3.8) is 0 Å². The van der Waals surface area contributed by atoms with Crippen molar-refractivity contribution in [2.24, 2.45) is 0 Å². The van der Waals surface area contributed by atoms with Crippen LogP contribution >= 0.6 is 12.2 Å². The maximum absolute atomic E-state index is 5.58. The first-order chi connectivity index (χ1) is 14.2. The minimum atomic E-state index is 0.375. The van der Waals surface area contributed by atoms with Gasteiger partial charge < -0.3 is 28.1 Å². The average molecular weight is 419 g/mol. The fourth-order valence-electron chi connectivity index (χ4n) is 3.70. The fourth-order valence-corrected chi connectivity index (χ4v) is 3.88. The molecule has 4 rings (SSSR count). The van der Waals surface area contributed by atoms with Crippen LogP contribution in [0.3, 0.4) is 0 Å². The van der Waals surface area contributed by atoms with Crippen molar-refractivity contribution >= 4 is 12.2 Å². The molecule has 0 atom stereocenters. The molecular formula is C20H26N4O4S+2. The third-order valence-corrected chi connectivity index (χ3v) is 5.60. The summed E-state index contributed by atoms with van der Waals surface area (Å²) in [4.78, 5) is 3.34. The van der Waals surface area contributed by atoms with E-state index in [1.807, 2.05) is 18.2 Å². The summed E-state index contributed by atoms with van der Waals surface area (Å²) < 4.78 is 23.5. The fraction of sp³-hybridized carbons (Fsp3) is 0.400. The quantitative estimate of drug-likeness (QED) is 0.542. The number of nitrogens with one attached hydrogen (secondary N) is 2. The van der Waals surface area contributed by atoms with E-state index in [0.29, 0.717) is 23.2 Å². The van der Waals surface area contributed by atoms with Crippen LogP contribution in [0.1, 0.15) is 5.56 Å². The molecule has 0 aliphatic carbocycles. The summed E-state index contributed by atoms with van der Waals surface area (Å²) in [6, 6.07) is 9.58. The largest absolute Gasteiger partial charge is 0.497 e. The molecule has 0 amide bonds. The van der Waals surface area contributed by atoms with Crippen LogP contribution in [0.25, 0.3) is 11.7 Å². The van der Waals surface area contributed by atoms with Gasteiger partial charge in [0.1, 0.15) is 44.2 Å². The average Bonchev–Trinajstić information content (AvgIpc) is 3.40. The standard InChI is InChI=1S/C20H24N4O4S/c1-25-16-5-6-17(26-2)15(12-16)13-22-7-9-23(10-8-22)14-24-20(29)28-19(21-24)18-4-3-11-27-18/h3-6,11-12H,7-10,13-14H2,1-2H3/p+2. The highest BCUT2D eigenvalue weighted by atomic mass is 32.1. The zero-order valence-corrected chi connectivity index (χ0v) is 17.5. The summed E-state index contributed by atoms with van der Waals surface area (Å²) in [6.45, 7) is 5.80. The molecule has 1 saturated heterocycles. The second kappa shape index (κ2) is 8.81. The maximum Gasteiger partial charge on any atom is 0.292 e. The predicted octanol–water partition coefficient (Wildman–Crippen LogP) is 0.424. The molecule has 1 aromatic carbocycles. The van der Waals surface area contributed by atoms with Gasteiger partial charge in [-0.1, -0.05) is 0 Å². The van der Waals surface area contributed by atoms with E-state index in [1.54, 1.807) is 31.2 Å². The molecule has 9 heteroatoms. The number of nitrogens with zero attached hydrogens (tertiary/aromatic N) is 2. The lowest BCUT2D eigenvalue weighted by atomic mass is 10.1. The van der Waals surface area contributed by atoms with E-state index >= 15 is 0 Å². The Bertz CT molecular complexity index is 990. The molecule has 0 spiro atoms. The first-order valence-corrected chi connectivity index (χ1v) is 10.1. The minimum Gasteiger partial charge on any atom is -0.497 e. The first kappa shape index (κ1) is 19.7. The van der Waals surface area contributed by atoms with Crippen LogP contribution in [0.5, 0.6) is 11.5 Å².